The van der Waals surface area contributed by atoms with E-state index in [0.29, 0.717) is 19.8 Å². The maximum Gasteiger partial charge on any atom is 0.226 e. The van der Waals surface area contributed by atoms with E-state index < -0.39 is 0 Å². The number of methoxy groups -OCH3 is 2. The number of hydrogen-bond acceptors (Lipinski definition) is 4. The third-order valence-corrected chi connectivity index (χ3v) is 3.67. The van der Waals surface area contributed by atoms with Crippen LogP contribution >= 0.6 is 0 Å². The van der Waals surface area contributed by atoms with Crippen molar-refractivity contribution in [2.45, 2.75) is 18.8 Å². The van der Waals surface area contributed by atoms with Crippen LogP contribution in [0.3, 0.4) is 0 Å². The minimum atomic E-state index is 0.0700. The first-order valence-electron chi connectivity index (χ1n) is 7.08. The molecular formula is C15H23NO4. The summed E-state index contributed by atoms with van der Waals surface area (Å²) in [5, 5.41) is 0. The average Bonchev–Trinajstić information content (AvgIpc) is 3.07. The van der Waals surface area contributed by atoms with Gasteiger partial charge >= 0.3 is 0 Å². The Morgan fingerprint density at radius 2 is 2.15 bits per heavy atom. The van der Waals surface area contributed by atoms with Gasteiger partial charge in [0.05, 0.1) is 12.9 Å². The number of hydrogen-bond donors (Lipinski definition) is 0. The van der Waals surface area contributed by atoms with Gasteiger partial charge in [-0.15, -0.1) is 0 Å². The Hall–Kier alpha value is -1.33. The van der Waals surface area contributed by atoms with Crippen LogP contribution < -0.4 is 0 Å². The van der Waals surface area contributed by atoms with Crippen molar-refractivity contribution in [3.8, 4) is 0 Å². The van der Waals surface area contributed by atoms with Gasteiger partial charge in [-0.05, 0) is 25.0 Å². The van der Waals surface area contributed by atoms with Crippen molar-refractivity contribution in [3.05, 3.63) is 24.2 Å². The summed E-state index contributed by atoms with van der Waals surface area (Å²) in [7, 11) is 3.33. The smallest absolute Gasteiger partial charge is 0.226 e. The van der Waals surface area contributed by atoms with Crippen LogP contribution in [0.1, 0.15) is 24.5 Å². The summed E-state index contributed by atoms with van der Waals surface area (Å²) in [4.78, 5) is 14.4. The molecule has 1 heterocycles. The van der Waals surface area contributed by atoms with E-state index in [0.717, 1.165) is 25.1 Å². The fourth-order valence-electron chi connectivity index (χ4n) is 2.45. The molecule has 0 saturated heterocycles. The summed E-state index contributed by atoms with van der Waals surface area (Å²) in [6.45, 7) is 2.59. The van der Waals surface area contributed by atoms with Crippen molar-refractivity contribution in [2.75, 3.05) is 40.5 Å². The standard InChI is InChI=1S/C15H23NO4/c1-18-8-4-6-16(7-10-19-2)15(17)13-11-12(13)14-5-3-9-20-14/h3,5,9,12-13H,4,6-8,10-11H2,1-2H3. The Morgan fingerprint density at radius 1 is 1.35 bits per heavy atom. The molecule has 1 aromatic heterocycles. The molecule has 1 aliphatic rings. The van der Waals surface area contributed by atoms with Crippen molar-refractivity contribution in [2.24, 2.45) is 5.92 Å². The fourth-order valence-corrected chi connectivity index (χ4v) is 2.45. The van der Waals surface area contributed by atoms with E-state index >= 15 is 0 Å². The molecule has 0 radical (unpaired) electrons. The maximum absolute atomic E-state index is 12.5. The average molecular weight is 281 g/mol. The molecule has 2 rings (SSSR count). The van der Waals surface area contributed by atoms with E-state index in [4.69, 9.17) is 13.9 Å². The van der Waals surface area contributed by atoms with Crippen LogP contribution in [0.4, 0.5) is 0 Å². The molecule has 0 aromatic carbocycles. The molecule has 112 valence electrons. The van der Waals surface area contributed by atoms with Crippen LogP contribution in [0.25, 0.3) is 0 Å². The zero-order valence-corrected chi connectivity index (χ0v) is 12.2. The molecule has 0 N–H and O–H groups in total. The van der Waals surface area contributed by atoms with Crippen LogP contribution in [-0.4, -0.2) is 51.3 Å². The van der Waals surface area contributed by atoms with Crippen LogP contribution in [0.5, 0.6) is 0 Å². The van der Waals surface area contributed by atoms with Crippen LogP contribution in [0.2, 0.25) is 0 Å². The molecule has 1 aliphatic carbocycles. The van der Waals surface area contributed by atoms with Gasteiger partial charge in [-0.2, -0.15) is 0 Å². The highest BCUT2D eigenvalue weighted by molar-refractivity contribution is 5.82. The van der Waals surface area contributed by atoms with Gasteiger partial charge in [0.1, 0.15) is 5.76 Å². The molecule has 5 heteroatoms. The first-order chi connectivity index (χ1) is 9.77. The second kappa shape index (κ2) is 7.45. The topological polar surface area (TPSA) is 51.9 Å². The van der Waals surface area contributed by atoms with Gasteiger partial charge in [0.15, 0.2) is 0 Å². The molecule has 0 spiro atoms. The summed E-state index contributed by atoms with van der Waals surface area (Å²) >= 11 is 0. The van der Waals surface area contributed by atoms with E-state index in [2.05, 4.69) is 0 Å². The van der Waals surface area contributed by atoms with Gasteiger partial charge in [-0.1, -0.05) is 0 Å². The second-order valence-electron chi connectivity index (χ2n) is 5.13. The lowest BCUT2D eigenvalue weighted by atomic mass is 10.2. The highest BCUT2D eigenvalue weighted by Crippen LogP contribution is 2.48. The lowest BCUT2D eigenvalue weighted by Gasteiger charge is -2.22. The summed E-state index contributed by atoms with van der Waals surface area (Å²) in [6, 6.07) is 3.82. The first-order valence-corrected chi connectivity index (χ1v) is 7.08. The molecule has 1 aromatic rings. The third-order valence-electron chi connectivity index (χ3n) is 3.67. The number of rotatable bonds is 9. The minimum Gasteiger partial charge on any atom is -0.469 e. The van der Waals surface area contributed by atoms with Gasteiger partial charge in [-0.25, -0.2) is 0 Å². The molecule has 1 saturated carbocycles. The highest BCUT2D eigenvalue weighted by Gasteiger charge is 2.47. The number of carbonyl (C=O) groups is 1. The van der Waals surface area contributed by atoms with Gasteiger partial charge in [-0.3, -0.25) is 4.79 Å². The number of amides is 1. The minimum absolute atomic E-state index is 0.0700. The second-order valence-corrected chi connectivity index (χ2v) is 5.13. The highest BCUT2D eigenvalue weighted by atomic mass is 16.5. The lowest BCUT2D eigenvalue weighted by molar-refractivity contribution is -0.133. The van der Waals surface area contributed by atoms with Gasteiger partial charge < -0.3 is 18.8 Å². The van der Waals surface area contributed by atoms with E-state index in [1.54, 1.807) is 20.5 Å². The number of furan rings is 1. The Kier molecular flexibility index (Phi) is 5.61. The van der Waals surface area contributed by atoms with Crippen molar-refractivity contribution in [3.63, 3.8) is 0 Å². The molecule has 2 unspecified atom stereocenters. The molecule has 5 nitrogen and oxygen atoms in total. The predicted octanol–water partition coefficient (Wildman–Crippen LogP) is 1.89. The van der Waals surface area contributed by atoms with Gasteiger partial charge in [0, 0.05) is 45.8 Å². The van der Waals surface area contributed by atoms with Gasteiger partial charge in [0.25, 0.3) is 0 Å². The zero-order chi connectivity index (χ0) is 14.4. The quantitative estimate of drug-likeness (QED) is 0.649. The summed E-state index contributed by atoms with van der Waals surface area (Å²) < 4.78 is 15.5. The van der Waals surface area contributed by atoms with Crippen LogP contribution in [0, 0.1) is 5.92 Å². The van der Waals surface area contributed by atoms with Crippen molar-refractivity contribution >= 4 is 5.91 Å². The van der Waals surface area contributed by atoms with Crippen molar-refractivity contribution in [1.82, 2.24) is 4.90 Å². The molecule has 0 bridgehead atoms. The Morgan fingerprint density at radius 3 is 2.80 bits per heavy atom. The third kappa shape index (κ3) is 3.84. The van der Waals surface area contributed by atoms with E-state index in [1.807, 2.05) is 17.0 Å². The zero-order valence-electron chi connectivity index (χ0n) is 12.2. The molecule has 0 aliphatic heterocycles. The number of nitrogens with zero attached hydrogens (tertiary/aromatic N) is 1. The summed E-state index contributed by atoms with van der Waals surface area (Å²) in [6.07, 6.45) is 3.40. The molecule has 20 heavy (non-hydrogen) atoms. The molecular weight excluding hydrogens is 258 g/mol. The van der Waals surface area contributed by atoms with E-state index in [1.165, 1.54) is 0 Å². The normalized spacial score (nSPS) is 20.9. The summed E-state index contributed by atoms with van der Waals surface area (Å²) in [5.41, 5.74) is 0. The maximum atomic E-state index is 12.5. The Labute approximate surface area is 119 Å². The monoisotopic (exact) mass is 281 g/mol. The Balaban J connectivity index is 1.86. The molecule has 1 fully saturated rings. The van der Waals surface area contributed by atoms with Crippen LogP contribution in [0.15, 0.2) is 22.8 Å². The van der Waals surface area contributed by atoms with Crippen LogP contribution in [-0.2, 0) is 14.3 Å². The number of ether oxygens (including phenoxy) is 2. The van der Waals surface area contributed by atoms with Crippen molar-refractivity contribution < 1.29 is 18.7 Å². The molecule has 1 amide bonds. The number of carbonyl (C=O) groups excluding carboxylic acids is 1. The van der Waals surface area contributed by atoms with E-state index in [-0.39, 0.29) is 17.7 Å². The predicted molar refractivity (Wildman–Crippen MR) is 74.5 cm³/mol. The lowest BCUT2D eigenvalue weighted by Crippen LogP contribution is -2.36. The van der Waals surface area contributed by atoms with Crippen molar-refractivity contribution in [1.29, 1.82) is 0 Å². The molecule has 2 atom stereocenters. The SMILES string of the molecule is COCCCN(CCOC)C(=O)C1CC1c1ccco1. The first kappa shape index (κ1) is 15.1. The van der Waals surface area contributed by atoms with E-state index in [9.17, 15) is 4.79 Å². The van der Waals surface area contributed by atoms with Gasteiger partial charge in [0.2, 0.25) is 5.91 Å². The largest absolute Gasteiger partial charge is 0.469 e. The summed E-state index contributed by atoms with van der Waals surface area (Å²) in [5.74, 6) is 1.46. The fraction of sp³-hybridized carbons (Fsp3) is 0.667. The Bertz CT molecular complexity index is 404.